The smallest absolute Gasteiger partial charge is 0.281 e. The minimum Gasteiger partial charge on any atom is -0.382 e. The highest BCUT2D eigenvalue weighted by Gasteiger charge is 2.51. The summed E-state index contributed by atoms with van der Waals surface area (Å²) < 4.78 is 107. The maximum atomic E-state index is 17.8. The lowest BCUT2D eigenvalue weighted by Crippen LogP contribution is -2.66. The van der Waals surface area contributed by atoms with E-state index in [4.69, 9.17) is 17.2 Å². The molecule has 0 aliphatic carbocycles. The Morgan fingerprint density at radius 1 is 0.385 bits per heavy atom. The van der Waals surface area contributed by atoms with E-state index in [1.165, 1.54) is 72.8 Å². The van der Waals surface area contributed by atoms with Gasteiger partial charge in [0.25, 0.3) is 28.5 Å². The third-order valence-electron chi connectivity index (χ3n) is 29.3. The summed E-state index contributed by atoms with van der Waals surface area (Å²) in [5.74, 6) is -7.19. The van der Waals surface area contributed by atoms with E-state index in [0.29, 0.717) is 119 Å². The van der Waals surface area contributed by atoms with E-state index in [2.05, 4.69) is 65.6 Å². The van der Waals surface area contributed by atoms with Crippen molar-refractivity contribution in [2.24, 2.45) is 5.92 Å². The third kappa shape index (κ3) is 14.5. The van der Waals surface area contributed by atoms with E-state index >= 15 is 35.9 Å². The fourth-order valence-electron chi connectivity index (χ4n) is 22.4. The molecule has 21 rings (SSSR count). The molecule has 3 saturated heterocycles. The van der Waals surface area contributed by atoms with Crippen LogP contribution in [0.4, 0.5) is 77.9 Å². The molecule has 0 radical (unpaired) electrons. The van der Waals surface area contributed by atoms with Crippen LogP contribution >= 0.6 is 0 Å². The molecular weight excluding hydrogens is 1840 g/mol. The van der Waals surface area contributed by atoms with E-state index < -0.39 is 93.6 Å². The molecule has 31 nitrogen and oxygen atoms in total. The number of aromatic amines is 3. The van der Waals surface area contributed by atoms with Crippen molar-refractivity contribution in [3.63, 3.8) is 0 Å². The number of H-pyrrole nitrogens is 3. The second kappa shape index (κ2) is 35.4. The number of amides is 5. The van der Waals surface area contributed by atoms with E-state index in [0.717, 1.165) is 6.42 Å². The SMILES string of the molecule is C=CC(=O)N1C[C@@H]2C(=O)N(C)c3c(c4cc(F)c(-c5c(C)ccc6[nH]nc(N)c56)c(F)c4n(-c4c(C)ccnc4C(C)C)c3=O)N2C[C@H]1C.C=CC(=O)N1C[C@@H]2C(=O)N(C)c3c(c4cc(F)c(-c5c(C)ccc6[nH]nc(N)c56)c(F)c4n(-c4c(C)ccnc4C(C)C)c3=O)N2C[C@H]1C.Cc1ccnc(C(C)C)c1-n1c(=O)c2c(c3cc(F)c(-c4c(C)ccc5[nH]nc(N)c45)c(F)c31)N1C[C@@H](C)CC[C@@H]1C(=O)N2C. The highest BCUT2D eigenvalue weighted by atomic mass is 19.2. The fraction of sp³-hybridized carbons (Fsp3) is 0.321. The molecule has 736 valence electrons. The predicted molar refractivity (Wildman–Crippen MR) is 546 cm³/mol. The van der Waals surface area contributed by atoms with Crippen molar-refractivity contribution in [3.05, 3.63) is 233 Å². The number of pyridine rings is 6. The van der Waals surface area contributed by atoms with Gasteiger partial charge in [-0.2, -0.15) is 15.3 Å². The van der Waals surface area contributed by atoms with Gasteiger partial charge in [-0.25, -0.2) is 26.3 Å². The summed E-state index contributed by atoms with van der Waals surface area (Å²) in [6.07, 6.45) is 8.70. The van der Waals surface area contributed by atoms with Gasteiger partial charge in [-0.3, -0.25) is 82.3 Å². The van der Waals surface area contributed by atoms with Crippen molar-refractivity contribution in [1.82, 2.24) is 69.0 Å². The van der Waals surface area contributed by atoms with Gasteiger partial charge in [-0.15, -0.1) is 0 Å². The zero-order valence-electron chi connectivity index (χ0n) is 82.2. The van der Waals surface area contributed by atoms with Crippen LogP contribution in [0.15, 0.2) is 131 Å². The Hall–Kier alpha value is -16.0. The van der Waals surface area contributed by atoms with Gasteiger partial charge in [-0.1, -0.05) is 79.8 Å². The van der Waals surface area contributed by atoms with Gasteiger partial charge in [-0.05, 0) is 192 Å². The van der Waals surface area contributed by atoms with Gasteiger partial charge >= 0.3 is 0 Å². The number of anilines is 9. The largest absolute Gasteiger partial charge is 0.382 e. The molecule has 37 heteroatoms. The summed E-state index contributed by atoms with van der Waals surface area (Å²) >= 11 is 0. The van der Waals surface area contributed by atoms with Gasteiger partial charge < -0.3 is 56.4 Å². The van der Waals surface area contributed by atoms with Gasteiger partial charge in [0, 0.05) is 104 Å². The van der Waals surface area contributed by atoms with Crippen LogP contribution in [0.5, 0.6) is 0 Å². The summed E-state index contributed by atoms with van der Waals surface area (Å²) in [4.78, 5) is 138. The molecule has 9 aromatic heterocycles. The number of hydrogen-bond donors (Lipinski definition) is 6. The Morgan fingerprint density at radius 2 is 0.671 bits per heavy atom. The molecule has 6 aliphatic rings. The van der Waals surface area contributed by atoms with Gasteiger partial charge in [0.1, 0.15) is 52.6 Å². The second-order valence-electron chi connectivity index (χ2n) is 39.2. The topological polar surface area (TPSA) is 380 Å². The first kappa shape index (κ1) is 95.9. The average molecular weight is 1950 g/mol. The number of benzene rings is 6. The number of nitrogens with one attached hydrogen (secondary N) is 3. The molecule has 6 aliphatic heterocycles. The summed E-state index contributed by atoms with van der Waals surface area (Å²) in [5, 5.41) is 22.2. The molecule has 6 atom stereocenters. The number of nitrogens with two attached hydrogens (primary N) is 3. The van der Waals surface area contributed by atoms with Crippen molar-refractivity contribution in [2.75, 3.05) is 100 Å². The number of carbonyl (C=O) groups is 5. The zero-order chi connectivity index (χ0) is 102. The Labute approximate surface area is 816 Å². The maximum absolute atomic E-state index is 17.8. The van der Waals surface area contributed by atoms with Crippen molar-refractivity contribution in [2.45, 2.75) is 165 Å². The molecule has 15 aromatic rings. The van der Waals surface area contributed by atoms with E-state index in [9.17, 15) is 28.8 Å². The Morgan fingerprint density at radius 3 is 0.958 bits per heavy atom. The molecule has 0 bridgehead atoms. The normalized spacial score (nSPS) is 17.9. The van der Waals surface area contributed by atoms with Gasteiger partial charge in [0.15, 0.2) is 34.9 Å². The van der Waals surface area contributed by atoms with E-state index in [1.807, 2.05) is 67.2 Å². The fourth-order valence-corrected chi connectivity index (χ4v) is 22.4. The summed E-state index contributed by atoms with van der Waals surface area (Å²) in [5.41, 5.74) is 24.8. The number of aromatic nitrogens is 12. The first-order chi connectivity index (χ1) is 68.0. The van der Waals surface area contributed by atoms with Crippen LogP contribution in [0.25, 0.3) is 116 Å². The number of rotatable bonds is 11. The standard InChI is InChI=1S/2C36H36F2N8O3.C34H35F2N7O2/c2*1-8-24(47)44-15-23-35(48)43(7)33-32(45(23)14-19(44)6)20-13-21(37)26(25-17(4)9-10-22-27(25)34(39)42-41-22)28(38)31(20)46(36(33)49)30-18(5)11-12-40-29(30)16(2)3;1-15(2)27-28(18(5)11-12-38-27)43-29-19(30-31(34(43)45)41(6)33(44)22-10-7-16(3)14-42(22)30)13-20(35)24(26(29)36)23-17(4)8-9-21-25(23)32(37)40-39-21/h2*8-13,16,19,23H,1,14-15H2,2-7H3,(H3,39,41,42);8-9,11-13,15-16,22H,7,10,14H2,1-6H3,(H3,37,39,40)/t2*19-,23-;16-,22+/m110/s1. The minimum atomic E-state index is -0.978. The molecule has 143 heavy (non-hydrogen) atoms. The summed E-state index contributed by atoms with van der Waals surface area (Å²) in [7, 11) is 4.51. The highest BCUT2D eigenvalue weighted by molar-refractivity contribution is 6.18. The van der Waals surface area contributed by atoms with E-state index in [-0.39, 0.29) is 180 Å². The Balaban J connectivity index is 0.000000136. The Bertz CT molecular complexity index is 7970. The zero-order valence-corrected chi connectivity index (χ0v) is 82.2. The van der Waals surface area contributed by atoms with E-state index in [1.54, 1.807) is 134 Å². The van der Waals surface area contributed by atoms with Crippen LogP contribution in [0.2, 0.25) is 0 Å². The van der Waals surface area contributed by atoms with Crippen molar-refractivity contribution in [3.8, 4) is 50.4 Å². The number of piperidine rings is 1. The number of likely N-dealkylation sites (N-methyl/N-ethyl adjacent to an activating group) is 3. The number of halogens is 6. The van der Waals surface area contributed by atoms with Crippen LogP contribution in [0, 0.1) is 82.4 Å². The van der Waals surface area contributed by atoms with Gasteiger partial charge in [0.05, 0.1) is 130 Å². The molecule has 9 N–H and O–H groups in total. The van der Waals surface area contributed by atoms with Gasteiger partial charge in [0.2, 0.25) is 17.7 Å². The lowest BCUT2D eigenvalue weighted by Gasteiger charge is -2.50. The number of nitrogens with zero attached hydrogens (tertiary/aromatic N) is 17. The highest BCUT2D eigenvalue weighted by Crippen LogP contribution is 2.53. The first-order valence-corrected chi connectivity index (χ1v) is 47.4. The number of nitrogen functional groups attached to an aromatic ring is 3. The van der Waals surface area contributed by atoms with Crippen molar-refractivity contribution in [1.29, 1.82) is 0 Å². The number of fused-ring (bicyclic) bond motifs is 18. The lowest BCUT2D eigenvalue weighted by atomic mass is 9.89. The quantitative estimate of drug-likeness (QED) is 0.0517. The molecule has 6 aromatic carbocycles. The molecule has 0 saturated carbocycles. The van der Waals surface area contributed by atoms with Crippen LogP contribution in [-0.4, -0.2) is 183 Å². The first-order valence-electron chi connectivity index (χ1n) is 47.4. The molecule has 5 amide bonds. The molecule has 3 fully saturated rings. The van der Waals surface area contributed by atoms with Crippen LogP contribution in [-0.2, 0) is 24.0 Å². The average Bonchev–Trinajstić information content (AvgIpc) is 1.12. The molecule has 0 spiro atoms. The van der Waals surface area contributed by atoms with Crippen molar-refractivity contribution < 1.29 is 50.3 Å². The maximum Gasteiger partial charge on any atom is 0.281 e. The summed E-state index contributed by atoms with van der Waals surface area (Å²) in [6, 6.07) is 16.2. The van der Waals surface area contributed by atoms with Crippen LogP contribution in [0.3, 0.4) is 0 Å². The van der Waals surface area contributed by atoms with Crippen LogP contribution in [0.1, 0.15) is 143 Å². The third-order valence-corrected chi connectivity index (χ3v) is 29.3. The number of hydrogen-bond acceptors (Lipinski definition) is 20. The number of aryl methyl sites for hydroxylation is 6. The predicted octanol–water partition coefficient (Wildman–Crippen LogP) is 16.3. The Kier molecular flexibility index (Phi) is 23.7. The number of piperazine rings is 2. The molecule has 0 unspecified atom stereocenters. The second-order valence-corrected chi connectivity index (χ2v) is 39.2. The lowest BCUT2D eigenvalue weighted by molar-refractivity contribution is -0.132. The minimum absolute atomic E-state index is 0.00241. The van der Waals surface area contributed by atoms with Crippen LogP contribution < -0.4 is 63.3 Å². The summed E-state index contributed by atoms with van der Waals surface area (Å²) in [6.45, 7) is 35.8. The monoisotopic (exact) mass is 1940 g/mol. The molecule has 15 heterocycles. The van der Waals surface area contributed by atoms with Crippen molar-refractivity contribution >= 4 is 147 Å². The molecular formula is C106H107F6N23O8. The number of carbonyl (C=O) groups excluding carboxylic acids is 5.